The molecule has 1 heterocycles. The van der Waals surface area contributed by atoms with Crippen LogP contribution < -0.4 is 0 Å². The van der Waals surface area contributed by atoms with Crippen LogP contribution >= 0.6 is 11.8 Å². The minimum absolute atomic E-state index is 0.392. The third-order valence-corrected chi connectivity index (χ3v) is 3.53. The van der Waals surface area contributed by atoms with Crippen molar-refractivity contribution < 1.29 is 0 Å². The van der Waals surface area contributed by atoms with Crippen LogP contribution in [-0.4, -0.2) is 20.5 Å². The number of nitriles is 1. The molecule has 90 valence electrons. The lowest BCUT2D eigenvalue weighted by atomic mass is 10.3. The Labute approximate surface area is 110 Å². The summed E-state index contributed by atoms with van der Waals surface area (Å²) in [4.78, 5) is 4.55. The number of aromatic nitrogens is 3. The zero-order valence-electron chi connectivity index (χ0n) is 9.78. The van der Waals surface area contributed by atoms with Gasteiger partial charge < -0.3 is 0 Å². The van der Waals surface area contributed by atoms with Crippen molar-refractivity contribution in [3.05, 3.63) is 36.2 Å². The minimum Gasteiger partial charge on any atom is -0.216 e. The Morgan fingerprint density at radius 1 is 1.33 bits per heavy atom. The number of thioether (sulfide) groups is 1. The normalized spacial score (nSPS) is 14.4. The van der Waals surface area contributed by atoms with E-state index < -0.39 is 0 Å². The number of rotatable bonds is 4. The molecule has 2 aromatic rings. The van der Waals surface area contributed by atoms with Crippen molar-refractivity contribution in [1.29, 1.82) is 5.26 Å². The lowest BCUT2D eigenvalue weighted by Crippen LogP contribution is -2.01. The largest absolute Gasteiger partial charge is 0.216 e. The average molecular weight is 256 g/mol. The third kappa shape index (κ3) is 2.24. The van der Waals surface area contributed by atoms with Gasteiger partial charge in [0.05, 0.1) is 17.5 Å². The van der Waals surface area contributed by atoms with Gasteiger partial charge in [-0.2, -0.15) is 5.26 Å². The Hall–Kier alpha value is -1.80. The van der Waals surface area contributed by atoms with Crippen LogP contribution in [0, 0.1) is 11.3 Å². The van der Waals surface area contributed by atoms with Crippen LogP contribution in [0.3, 0.4) is 0 Å². The summed E-state index contributed by atoms with van der Waals surface area (Å²) in [5.74, 6) is 1.96. The van der Waals surface area contributed by atoms with Crippen LogP contribution in [0.4, 0.5) is 0 Å². The molecule has 1 saturated carbocycles. The molecule has 1 aliphatic carbocycles. The molecule has 18 heavy (non-hydrogen) atoms. The van der Waals surface area contributed by atoms with Gasteiger partial charge in [-0.25, -0.2) is 9.67 Å². The van der Waals surface area contributed by atoms with Gasteiger partial charge in [-0.05, 0) is 25.0 Å². The van der Waals surface area contributed by atoms with Crippen LogP contribution in [0.2, 0.25) is 0 Å². The molecule has 0 N–H and O–H groups in total. The van der Waals surface area contributed by atoms with E-state index in [0.29, 0.717) is 16.8 Å². The van der Waals surface area contributed by atoms with Gasteiger partial charge in [0.1, 0.15) is 5.82 Å². The van der Waals surface area contributed by atoms with Crippen molar-refractivity contribution in [3.63, 3.8) is 0 Å². The molecule has 0 amide bonds. The highest BCUT2D eigenvalue weighted by Crippen LogP contribution is 2.40. The van der Waals surface area contributed by atoms with E-state index in [1.165, 1.54) is 24.6 Å². The Balaban J connectivity index is 1.97. The van der Waals surface area contributed by atoms with Crippen LogP contribution in [0.1, 0.15) is 24.6 Å². The number of nitrogens with zero attached hydrogens (tertiary/aromatic N) is 4. The minimum atomic E-state index is 0.392. The zero-order chi connectivity index (χ0) is 12.4. The summed E-state index contributed by atoms with van der Waals surface area (Å²) >= 11 is 1.39. The quantitative estimate of drug-likeness (QED) is 0.789. The van der Waals surface area contributed by atoms with Crippen LogP contribution in [0.25, 0.3) is 5.69 Å². The maximum absolute atomic E-state index is 8.61. The standard InChI is InChI=1S/C13H12N4S/c14-8-9-18-13-15-12(10-6-7-10)17(16-13)11-4-2-1-3-5-11/h1-5,10H,6-7,9H2. The van der Waals surface area contributed by atoms with Gasteiger partial charge in [-0.1, -0.05) is 30.0 Å². The average Bonchev–Trinajstić information content (AvgIpc) is 3.18. The maximum atomic E-state index is 8.61. The molecule has 3 rings (SSSR count). The second kappa shape index (κ2) is 4.83. The van der Waals surface area contributed by atoms with E-state index >= 15 is 0 Å². The second-order valence-electron chi connectivity index (χ2n) is 4.22. The first kappa shape index (κ1) is 11.3. The molecular formula is C13H12N4S. The molecule has 0 bridgehead atoms. The van der Waals surface area contributed by atoms with Crippen molar-refractivity contribution in [2.24, 2.45) is 0 Å². The van der Waals surface area contributed by atoms with Crippen LogP contribution in [0.15, 0.2) is 35.5 Å². The molecule has 0 spiro atoms. The molecule has 4 nitrogen and oxygen atoms in total. The highest BCUT2D eigenvalue weighted by atomic mass is 32.2. The smallest absolute Gasteiger partial charge is 0.210 e. The molecule has 0 saturated heterocycles. The Morgan fingerprint density at radius 2 is 2.11 bits per heavy atom. The fraction of sp³-hybridized carbons (Fsp3) is 0.308. The summed E-state index contributed by atoms with van der Waals surface area (Å²) in [6.07, 6.45) is 2.38. The first-order chi connectivity index (χ1) is 8.88. The Bertz CT molecular complexity index is 581. The molecule has 0 radical (unpaired) electrons. The lowest BCUT2D eigenvalue weighted by Gasteiger charge is -2.03. The topological polar surface area (TPSA) is 54.5 Å². The predicted molar refractivity (Wildman–Crippen MR) is 69.7 cm³/mol. The summed E-state index contributed by atoms with van der Waals surface area (Å²) in [5.41, 5.74) is 1.04. The maximum Gasteiger partial charge on any atom is 0.210 e. The van der Waals surface area contributed by atoms with Gasteiger partial charge in [0.15, 0.2) is 0 Å². The Kier molecular flexibility index (Phi) is 3.03. The van der Waals surface area contributed by atoms with Gasteiger partial charge in [-0.3, -0.25) is 0 Å². The van der Waals surface area contributed by atoms with E-state index in [1.54, 1.807) is 0 Å². The van der Waals surface area contributed by atoms with E-state index in [2.05, 4.69) is 16.2 Å². The number of hydrogen-bond donors (Lipinski definition) is 0. The Morgan fingerprint density at radius 3 is 2.78 bits per heavy atom. The summed E-state index contributed by atoms with van der Waals surface area (Å²) in [5, 5.41) is 13.8. The third-order valence-electron chi connectivity index (χ3n) is 2.82. The van der Waals surface area contributed by atoms with Gasteiger partial charge in [0.25, 0.3) is 0 Å². The van der Waals surface area contributed by atoms with Gasteiger partial charge in [0.2, 0.25) is 5.16 Å². The zero-order valence-corrected chi connectivity index (χ0v) is 10.6. The molecule has 0 atom stereocenters. The van der Waals surface area contributed by atoms with Crippen molar-refractivity contribution in [1.82, 2.24) is 14.8 Å². The van der Waals surface area contributed by atoms with E-state index in [9.17, 15) is 0 Å². The number of benzene rings is 1. The van der Waals surface area contributed by atoms with E-state index in [4.69, 9.17) is 5.26 Å². The molecular weight excluding hydrogens is 244 g/mol. The van der Waals surface area contributed by atoms with E-state index in [-0.39, 0.29) is 0 Å². The molecule has 0 aliphatic heterocycles. The highest BCUT2D eigenvalue weighted by Gasteiger charge is 2.30. The first-order valence-electron chi connectivity index (χ1n) is 5.90. The van der Waals surface area contributed by atoms with Crippen molar-refractivity contribution in [2.75, 3.05) is 5.75 Å². The first-order valence-corrected chi connectivity index (χ1v) is 6.89. The number of para-hydroxylation sites is 1. The predicted octanol–water partition coefficient (Wildman–Crippen LogP) is 2.76. The SMILES string of the molecule is N#CCSc1nc(C2CC2)n(-c2ccccc2)n1. The van der Waals surface area contributed by atoms with E-state index in [1.807, 2.05) is 35.0 Å². The van der Waals surface area contributed by atoms with Crippen molar-refractivity contribution >= 4 is 11.8 Å². The summed E-state index contributed by atoms with van der Waals surface area (Å²) < 4.78 is 1.91. The molecule has 1 aromatic heterocycles. The monoisotopic (exact) mass is 256 g/mol. The highest BCUT2D eigenvalue weighted by molar-refractivity contribution is 7.99. The lowest BCUT2D eigenvalue weighted by molar-refractivity contribution is 0.782. The molecule has 5 heteroatoms. The fourth-order valence-corrected chi connectivity index (χ4v) is 2.32. The summed E-state index contributed by atoms with van der Waals surface area (Å²) in [6.45, 7) is 0. The summed E-state index contributed by atoms with van der Waals surface area (Å²) in [7, 11) is 0. The second-order valence-corrected chi connectivity index (χ2v) is 5.16. The van der Waals surface area contributed by atoms with Crippen LogP contribution in [-0.2, 0) is 0 Å². The van der Waals surface area contributed by atoms with Gasteiger partial charge in [-0.15, -0.1) is 5.10 Å². The molecule has 1 aliphatic rings. The molecule has 1 aromatic carbocycles. The van der Waals surface area contributed by atoms with Crippen LogP contribution in [0.5, 0.6) is 0 Å². The van der Waals surface area contributed by atoms with Gasteiger partial charge in [0, 0.05) is 5.92 Å². The summed E-state index contributed by atoms with van der Waals surface area (Å²) in [6, 6.07) is 12.1. The molecule has 0 unspecified atom stereocenters. The fourth-order valence-electron chi connectivity index (χ4n) is 1.83. The molecule has 1 fully saturated rings. The number of hydrogen-bond acceptors (Lipinski definition) is 4. The van der Waals surface area contributed by atoms with Crippen molar-refractivity contribution in [3.8, 4) is 11.8 Å². The van der Waals surface area contributed by atoms with Gasteiger partial charge >= 0.3 is 0 Å². The van der Waals surface area contributed by atoms with E-state index in [0.717, 1.165) is 11.5 Å². The van der Waals surface area contributed by atoms with Crippen molar-refractivity contribution in [2.45, 2.75) is 23.9 Å².